The average Bonchev–Trinajstić information content (AvgIpc) is 3.20. The van der Waals surface area contributed by atoms with Crippen LogP contribution in [-0.2, 0) is 0 Å². The van der Waals surface area contributed by atoms with Crippen molar-refractivity contribution in [1.82, 2.24) is 15.0 Å². The number of carbonyl (C=O) groups is 1. The molecule has 0 aliphatic carbocycles. The van der Waals surface area contributed by atoms with Crippen LogP contribution >= 0.6 is 11.6 Å². The molecule has 1 aliphatic rings. The number of halogens is 1. The molecular formula is C21H21ClN4O2. The van der Waals surface area contributed by atoms with Gasteiger partial charge in [0.05, 0.1) is 0 Å². The average molecular weight is 397 g/mol. The Morgan fingerprint density at radius 3 is 2.64 bits per heavy atom. The maximum absolute atomic E-state index is 12.8. The first-order valence-electron chi connectivity index (χ1n) is 9.34. The molecule has 3 aromatic rings. The summed E-state index contributed by atoms with van der Waals surface area (Å²) in [4.78, 5) is 19.2. The van der Waals surface area contributed by atoms with E-state index in [4.69, 9.17) is 16.1 Å². The third-order valence-electron chi connectivity index (χ3n) is 4.90. The zero-order chi connectivity index (χ0) is 19.5. The van der Waals surface area contributed by atoms with E-state index >= 15 is 0 Å². The minimum atomic E-state index is -0.229. The lowest BCUT2D eigenvalue weighted by molar-refractivity contribution is 0.142. The van der Waals surface area contributed by atoms with Gasteiger partial charge in [-0.2, -0.15) is 4.98 Å². The summed E-state index contributed by atoms with van der Waals surface area (Å²) in [5, 5.41) is 7.67. The largest absolute Gasteiger partial charge is 0.337 e. The van der Waals surface area contributed by atoms with E-state index in [1.54, 1.807) is 29.2 Å². The number of carbonyl (C=O) groups excluding carboxylic acids is 1. The summed E-state index contributed by atoms with van der Waals surface area (Å²) in [6, 6.07) is 14.6. The van der Waals surface area contributed by atoms with Crippen molar-refractivity contribution < 1.29 is 9.32 Å². The molecular weight excluding hydrogens is 376 g/mol. The van der Waals surface area contributed by atoms with E-state index in [0.717, 1.165) is 24.8 Å². The Morgan fingerprint density at radius 2 is 1.89 bits per heavy atom. The number of nitrogens with zero attached hydrogens (tertiary/aromatic N) is 3. The highest BCUT2D eigenvalue weighted by Crippen LogP contribution is 2.31. The molecule has 1 unspecified atom stereocenters. The Labute approximate surface area is 168 Å². The number of likely N-dealkylation sites (tertiary alicyclic amines) is 1. The van der Waals surface area contributed by atoms with Crippen molar-refractivity contribution in [2.75, 3.05) is 11.9 Å². The molecule has 1 atom stereocenters. The van der Waals surface area contributed by atoms with Gasteiger partial charge in [0.2, 0.25) is 11.7 Å². The monoisotopic (exact) mass is 396 g/mol. The van der Waals surface area contributed by atoms with Crippen LogP contribution in [0.3, 0.4) is 0 Å². The maximum Gasteiger partial charge on any atom is 0.322 e. The predicted molar refractivity (Wildman–Crippen MR) is 108 cm³/mol. The van der Waals surface area contributed by atoms with Crippen LogP contribution in [0, 0.1) is 6.92 Å². The molecule has 0 spiro atoms. The number of hydrogen-bond acceptors (Lipinski definition) is 4. The van der Waals surface area contributed by atoms with E-state index < -0.39 is 0 Å². The molecule has 7 heteroatoms. The minimum absolute atomic E-state index is 0.179. The Kier molecular flexibility index (Phi) is 5.30. The van der Waals surface area contributed by atoms with Gasteiger partial charge < -0.3 is 14.7 Å². The third kappa shape index (κ3) is 4.02. The number of hydrogen-bond donors (Lipinski definition) is 1. The minimum Gasteiger partial charge on any atom is -0.337 e. The van der Waals surface area contributed by atoms with Gasteiger partial charge in [0.15, 0.2) is 0 Å². The molecule has 28 heavy (non-hydrogen) atoms. The van der Waals surface area contributed by atoms with E-state index in [0.29, 0.717) is 29.0 Å². The summed E-state index contributed by atoms with van der Waals surface area (Å²) in [6.45, 7) is 2.68. The van der Waals surface area contributed by atoms with Crippen molar-refractivity contribution in [1.29, 1.82) is 0 Å². The number of nitrogens with one attached hydrogen (secondary N) is 1. The second kappa shape index (κ2) is 8.02. The fourth-order valence-corrected chi connectivity index (χ4v) is 3.48. The van der Waals surface area contributed by atoms with Gasteiger partial charge in [-0.15, -0.1) is 0 Å². The highest BCUT2D eigenvalue weighted by atomic mass is 35.5. The number of aromatic nitrogens is 2. The second-order valence-corrected chi connectivity index (χ2v) is 7.40. The first kappa shape index (κ1) is 18.5. The molecule has 1 aromatic heterocycles. The van der Waals surface area contributed by atoms with Crippen molar-refractivity contribution in [2.45, 2.75) is 32.2 Å². The van der Waals surface area contributed by atoms with Gasteiger partial charge in [0.25, 0.3) is 0 Å². The summed E-state index contributed by atoms with van der Waals surface area (Å²) in [5.41, 5.74) is 2.77. The Bertz CT molecular complexity index is 953. The van der Waals surface area contributed by atoms with Crippen LogP contribution in [0.5, 0.6) is 0 Å². The topological polar surface area (TPSA) is 71.3 Å². The highest BCUT2D eigenvalue weighted by molar-refractivity contribution is 6.30. The van der Waals surface area contributed by atoms with Crippen LogP contribution in [0.2, 0.25) is 5.02 Å². The molecule has 1 N–H and O–H groups in total. The SMILES string of the molecule is Cc1ccc(-c2noc(C3CCCCN3C(=O)Nc3ccc(Cl)cc3)n2)cc1. The molecule has 0 radical (unpaired) electrons. The number of aryl methyl sites for hydroxylation is 1. The summed E-state index contributed by atoms with van der Waals surface area (Å²) >= 11 is 5.91. The molecule has 0 saturated carbocycles. The lowest BCUT2D eigenvalue weighted by Crippen LogP contribution is -2.41. The van der Waals surface area contributed by atoms with Gasteiger partial charge in [-0.05, 0) is 50.5 Å². The fraction of sp³-hybridized carbons (Fsp3) is 0.286. The predicted octanol–water partition coefficient (Wildman–Crippen LogP) is 5.46. The normalized spacial score (nSPS) is 16.8. The van der Waals surface area contributed by atoms with Crippen LogP contribution in [-0.4, -0.2) is 27.6 Å². The van der Waals surface area contributed by atoms with Gasteiger partial charge in [0.1, 0.15) is 6.04 Å². The van der Waals surface area contributed by atoms with Crippen LogP contribution in [0.4, 0.5) is 10.5 Å². The van der Waals surface area contributed by atoms with Crippen molar-refractivity contribution >= 4 is 23.3 Å². The highest BCUT2D eigenvalue weighted by Gasteiger charge is 2.32. The van der Waals surface area contributed by atoms with E-state index in [9.17, 15) is 4.79 Å². The van der Waals surface area contributed by atoms with Gasteiger partial charge in [-0.25, -0.2) is 4.79 Å². The van der Waals surface area contributed by atoms with Crippen LogP contribution < -0.4 is 5.32 Å². The molecule has 1 saturated heterocycles. The first-order chi connectivity index (χ1) is 13.6. The standard InChI is InChI=1S/C21H21ClN4O2/c1-14-5-7-15(8-6-14)19-24-20(28-25-19)18-4-2-3-13-26(18)21(27)23-17-11-9-16(22)10-12-17/h5-12,18H,2-4,13H2,1H3,(H,23,27). The van der Waals surface area contributed by atoms with Gasteiger partial charge in [-0.3, -0.25) is 0 Å². The zero-order valence-corrected chi connectivity index (χ0v) is 16.3. The zero-order valence-electron chi connectivity index (χ0n) is 15.6. The first-order valence-corrected chi connectivity index (χ1v) is 9.72. The molecule has 2 amide bonds. The third-order valence-corrected chi connectivity index (χ3v) is 5.15. The molecule has 144 valence electrons. The molecule has 4 rings (SSSR count). The van der Waals surface area contributed by atoms with Crippen LogP contribution in [0.25, 0.3) is 11.4 Å². The lowest BCUT2D eigenvalue weighted by Gasteiger charge is -2.33. The van der Waals surface area contributed by atoms with Crippen molar-refractivity contribution in [3.8, 4) is 11.4 Å². The van der Waals surface area contributed by atoms with Crippen molar-refractivity contribution in [3.63, 3.8) is 0 Å². The van der Waals surface area contributed by atoms with Gasteiger partial charge in [0, 0.05) is 22.8 Å². The van der Waals surface area contributed by atoms with E-state index in [-0.39, 0.29) is 12.1 Å². The Balaban J connectivity index is 1.53. The number of anilines is 1. The van der Waals surface area contributed by atoms with E-state index in [1.807, 2.05) is 31.2 Å². The number of amides is 2. The summed E-state index contributed by atoms with van der Waals surface area (Å²) < 4.78 is 5.53. The van der Waals surface area contributed by atoms with Crippen molar-refractivity contribution in [3.05, 3.63) is 65.0 Å². The van der Waals surface area contributed by atoms with Crippen LogP contribution in [0.15, 0.2) is 53.1 Å². The maximum atomic E-state index is 12.8. The molecule has 6 nitrogen and oxygen atoms in total. The van der Waals surface area contributed by atoms with Crippen molar-refractivity contribution in [2.24, 2.45) is 0 Å². The smallest absolute Gasteiger partial charge is 0.322 e. The molecule has 2 aromatic carbocycles. The second-order valence-electron chi connectivity index (χ2n) is 6.96. The summed E-state index contributed by atoms with van der Waals surface area (Å²) in [6.07, 6.45) is 2.75. The van der Waals surface area contributed by atoms with Gasteiger partial charge in [-0.1, -0.05) is 46.6 Å². The van der Waals surface area contributed by atoms with E-state index in [1.165, 1.54) is 5.56 Å². The summed E-state index contributed by atoms with van der Waals surface area (Å²) in [5.74, 6) is 1.01. The Morgan fingerprint density at radius 1 is 1.14 bits per heavy atom. The Hall–Kier alpha value is -2.86. The molecule has 0 bridgehead atoms. The molecule has 1 aliphatic heterocycles. The number of benzene rings is 2. The molecule has 2 heterocycles. The fourth-order valence-electron chi connectivity index (χ4n) is 3.35. The lowest BCUT2D eigenvalue weighted by atomic mass is 10.0. The van der Waals surface area contributed by atoms with Gasteiger partial charge >= 0.3 is 6.03 Å². The number of rotatable bonds is 3. The van der Waals surface area contributed by atoms with Crippen LogP contribution in [0.1, 0.15) is 36.8 Å². The molecule has 1 fully saturated rings. The number of piperidine rings is 1. The van der Waals surface area contributed by atoms with E-state index in [2.05, 4.69) is 15.5 Å². The number of urea groups is 1. The quantitative estimate of drug-likeness (QED) is 0.638. The summed E-state index contributed by atoms with van der Waals surface area (Å²) in [7, 11) is 0.